The van der Waals surface area contributed by atoms with E-state index in [1.807, 2.05) is 0 Å². The molecule has 1 rings (SSSR count). The Morgan fingerprint density at radius 1 is 1.85 bits per heavy atom. The summed E-state index contributed by atoms with van der Waals surface area (Å²) < 4.78 is 0. The molecular formula is C10H14N2O. The Hall–Kier alpha value is -1.30. The molecule has 0 heterocycles. The lowest BCUT2D eigenvalue weighted by atomic mass is 9.63. The number of nitrogens with one attached hydrogen (secondary N) is 1. The molecule has 3 nitrogen and oxygen atoms in total. The van der Waals surface area contributed by atoms with Gasteiger partial charge in [-0.05, 0) is 18.8 Å². The average Bonchev–Trinajstić information content (AvgIpc) is 2.08. The van der Waals surface area contributed by atoms with E-state index < -0.39 is 5.41 Å². The molecule has 1 aliphatic rings. The monoisotopic (exact) mass is 178 g/mol. The lowest BCUT2D eigenvalue weighted by Gasteiger charge is -2.39. The predicted octanol–water partition coefficient (Wildman–Crippen LogP) is 1.23. The molecule has 0 bridgehead atoms. The van der Waals surface area contributed by atoms with Crippen LogP contribution in [-0.2, 0) is 4.79 Å². The summed E-state index contributed by atoms with van der Waals surface area (Å²) in [5.41, 5.74) is -0.748. The van der Waals surface area contributed by atoms with Crippen LogP contribution in [-0.4, -0.2) is 12.5 Å². The topological polar surface area (TPSA) is 52.9 Å². The fraction of sp³-hybridized carbons (Fsp3) is 0.600. The highest BCUT2D eigenvalue weighted by Crippen LogP contribution is 2.44. The smallest absolute Gasteiger partial charge is 0.240 e. The third-order valence-corrected chi connectivity index (χ3v) is 2.45. The minimum Gasteiger partial charge on any atom is -0.351 e. The molecule has 3 heteroatoms. The first kappa shape index (κ1) is 9.79. The maximum atomic E-state index is 11.5. The highest BCUT2D eigenvalue weighted by atomic mass is 16.2. The van der Waals surface area contributed by atoms with Crippen LogP contribution in [0.2, 0.25) is 0 Å². The summed E-state index contributed by atoms with van der Waals surface area (Å²) in [5, 5.41) is 11.6. The van der Waals surface area contributed by atoms with Gasteiger partial charge >= 0.3 is 0 Å². The lowest BCUT2D eigenvalue weighted by Crippen LogP contribution is -2.48. The van der Waals surface area contributed by atoms with Crippen LogP contribution in [0.3, 0.4) is 0 Å². The molecule has 0 saturated heterocycles. The van der Waals surface area contributed by atoms with E-state index in [-0.39, 0.29) is 5.91 Å². The molecule has 0 spiro atoms. The maximum absolute atomic E-state index is 11.5. The summed E-state index contributed by atoms with van der Waals surface area (Å²) in [6, 6.07) is 2.11. The number of hydrogen-bond donors (Lipinski definition) is 1. The number of nitriles is 1. The Morgan fingerprint density at radius 3 is 2.85 bits per heavy atom. The summed E-state index contributed by atoms with van der Waals surface area (Å²) in [6.07, 6.45) is 2.99. The Morgan fingerprint density at radius 2 is 2.46 bits per heavy atom. The van der Waals surface area contributed by atoms with Crippen LogP contribution in [0.1, 0.15) is 19.8 Å². The fourth-order valence-electron chi connectivity index (χ4n) is 1.79. The third-order valence-electron chi connectivity index (χ3n) is 2.45. The van der Waals surface area contributed by atoms with E-state index in [9.17, 15) is 4.79 Å². The second-order valence-corrected chi connectivity index (χ2v) is 3.71. The first-order valence-electron chi connectivity index (χ1n) is 4.45. The van der Waals surface area contributed by atoms with Gasteiger partial charge in [-0.3, -0.25) is 4.79 Å². The highest BCUT2D eigenvalue weighted by Gasteiger charge is 2.48. The molecule has 0 aromatic rings. The standard InChI is InChI=1S/C10H14N2O/c1-3-4-12-9(13)10(7-11)5-8(2)6-10/h3,8H,1,4-6H2,2H3,(H,12,13). The van der Waals surface area contributed by atoms with E-state index in [0.717, 1.165) is 0 Å². The molecule has 1 aliphatic carbocycles. The summed E-state index contributed by atoms with van der Waals surface area (Å²) in [5.74, 6) is 0.349. The van der Waals surface area contributed by atoms with Gasteiger partial charge in [-0.1, -0.05) is 13.0 Å². The molecule has 70 valence electrons. The van der Waals surface area contributed by atoms with Crippen LogP contribution in [0.5, 0.6) is 0 Å². The van der Waals surface area contributed by atoms with Crippen molar-refractivity contribution in [2.24, 2.45) is 11.3 Å². The Kier molecular flexibility index (Phi) is 2.72. The number of carbonyl (C=O) groups excluding carboxylic acids is 1. The largest absolute Gasteiger partial charge is 0.351 e. The van der Waals surface area contributed by atoms with Gasteiger partial charge < -0.3 is 5.32 Å². The molecule has 1 fully saturated rings. The van der Waals surface area contributed by atoms with Crippen LogP contribution in [0.4, 0.5) is 0 Å². The number of nitrogens with zero attached hydrogens (tertiary/aromatic N) is 1. The second kappa shape index (κ2) is 3.61. The highest BCUT2D eigenvalue weighted by molar-refractivity contribution is 5.86. The minimum absolute atomic E-state index is 0.145. The van der Waals surface area contributed by atoms with Gasteiger partial charge in [-0.15, -0.1) is 6.58 Å². The van der Waals surface area contributed by atoms with E-state index >= 15 is 0 Å². The zero-order valence-corrected chi connectivity index (χ0v) is 7.84. The van der Waals surface area contributed by atoms with Crippen molar-refractivity contribution in [2.45, 2.75) is 19.8 Å². The normalized spacial score (nSPS) is 31.2. The lowest BCUT2D eigenvalue weighted by molar-refractivity contribution is -0.133. The summed E-state index contributed by atoms with van der Waals surface area (Å²) >= 11 is 0. The van der Waals surface area contributed by atoms with Crippen LogP contribution < -0.4 is 5.32 Å². The van der Waals surface area contributed by atoms with E-state index in [1.165, 1.54) is 0 Å². The van der Waals surface area contributed by atoms with Gasteiger partial charge in [0.2, 0.25) is 5.91 Å². The predicted molar refractivity (Wildman–Crippen MR) is 49.7 cm³/mol. The molecule has 1 amide bonds. The Bertz CT molecular complexity index is 259. The Labute approximate surface area is 78.4 Å². The van der Waals surface area contributed by atoms with Crippen molar-refractivity contribution in [1.82, 2.24) is 5.32 Å². The third kappa shape index (κ3) is 1.72. The summed E-state index contributed by atoms with van der Waals surface area (Å²) in [4.78, 5) is 11.5. The van der Waals surface area contributed by atoms with Gasteiger partial charge in [0.05, 0.1) is 6.07 Å². The zero-order valence-electron chi connectivity index (χ0n) is 7.84. The molecular weight excluding hydrogens is 164 g/mol. The van der Waals surface area contributed by atoms with E-state index in [2.05, 4.69) is 24.9 Å². The van der Waals surface area contributed by atoms with Gasteiger partial charge in [0.15, 0.2) is 0 Å². The summed E-state index contributed by atoms with van der Waals surface area (Å²) in [7, 11) is 0. The van der Waals surface area contributed by atoms with Crippen LogP contribution in [0, 0.1) is 22.7 Å². The Balaban J connectivity index is 2.54. The first-order valence-corrected chi connectivity index (χ1v) is 4.45. The van der Waals surface area contributed by atoms with Gasteiger partial charge in [0, 0.05) is 6.54 Å². The van der Waals surface area contributed by atoms with Crippen molar-refractivity contribution in [3.8, 4) is 6.07 Å². The van der Waals surface area contributed by atoms with Crippen molar-refractivity contribution in [3.05, 3.63) is 12.7 Å². The molecule has 0 atom stereocenters. The molecule has 0 unspecified atom stereocenters. The number of hydrogen-bond acceptors (Lipinski definition) is 2. The zero-order chi connectivity index (χ0) is 9.90. The van der Waals surface area contributed by atoms with Crippen molar-refractivity contribution in [2.75, 3.05) is 6.54 Å². The van der Waals surface area contributed by atoms with Gasteiger partial charge in [-0.25, -0.2) is 0 Å². The fourth-order valence-corrected chi connectivity index (χ4v) is 1.79. The van der Waals surface area contributed by atoms with Crippen LogP contribution >= 0.6 is 0 Å². The maximum Gasteiger partial charge on any atom is 0.240 e. The van der Waals surface area contributed by atoms with E-state index in [0.29, 0.717) is 25.3 Å². The van der Waals surface area contributed by atoms with Crippen molar-refractivity contribution < 1.29 is 4.79 Å². The van der Waals surface area contributed by atoms with Crippen LogP contribution in [0.15, 0.2) is 12.7 Å². The second-order valence-electron chi connectivity index (χ2n) is 3.71. The van der Waals surface area contributed by atoms with E-state index in [4.69, 9.17) is 5.26 Å². The van der Waals surface area contributed by atoms with Gasteiger partial charge in [0.1, 0.15) is 5.41 Å². The van der Waals surface area contributed by atoms with Crippen molar-refractivity contribution >= 4 is 5.91 Å². The van der Waals surface area contributed by atoms with E-state index in [1.54, 1.807) is 6.08 Å². The molecule has 0 radical (unpaired) electrons. The molecule has 13 heavy (non-hydrogen) atoms. The summed E-state index contributed by atoms with van der Waals surface area (Å²) in [6.45, 7) is 5.99. The van der Waals surface area contributed by atoms with Gasteiger partial charge in [0.25, 0.3) is 0 Å². The molecule has 1 N–H and O–H groups in total. The first-order chi connectivity index (χ1) is 6.14. The van der Waals surface area contributed by atoms with Crippen LogP contribution in [0.25, 0.3) is 0 Å². The molecule has 1 saturated carbocycles. The molecule has 0 aromatic carbocycles. The molecule has 0 aliphatic heterocycles. The number of carbonyl (C=O) groups is 1. The van der Waals surface area contributed by atoms with Crippen molar-refractivity contribution in [3.63, 3.8) is 0 Å². The number of amides is 1. The minimum atomic E-state index is -0.748. The quantitative estimate of drug-likeness (QED) is 0.661. The SMILES string of the molecule is C=CCNC(=O)C1(C#N)CC(C)C1. The van der Waals surface area contributed by atoms with Gasteiger partial charge in [-0.2, -0.15) is 5.26 Å². The van der Waals surface area contributed by atoms with Crippen molar-refractivity contribution in [1.29, 1.82) is 5.26 Å². The molecule has 0 aromatic heterocycles. The average molecular weight is 178 g/mol. The number of rotatable bonds is 3.